The lowest BCUT2D eigenvalue weighted by Crippen LogP contribution is -2.40. The highest BCUT2D eigenvalue weighted by Gasteiger charge is 2.37. The second-order valence-corrected chi connectivity index (χ2v) is 6.64. The third-order valence-electron chi connectivity index (χ3n) is 4.44. The average Bonchev–Trinajstić information content (AvgIpc) is 3.36. The largest absolute Gasteiger partial charge is 0.468 e. The average molecular weight is 379 g/mol. The molecule has 0 radical (unpaired) electrons. The summed E-state index contributed by atoms with van der Waals surface area (Å²) in [7, 11) is 0. The van der Waals surface area contributed by atoms with E-state index >= 15 is 0 Å². The molecule has 0 unspecified atom stereocenters. The maximum atomic E-state index is 13.4. The van der Waals surface area contributed by atoms with Crippen LogP contribution in [0, 0.1) is 0 Å². The van der Waals surface area contributed by atoms with Crippen molar-refractivity contribution in [2.45, 2.75) is 43.7 Å². The van der Waals surface area contributed by atoms with E-state index in [2.05, 4.69) is 4.98 Å². The van der Waals surface area contributed by atoms with Crippen LogP contribution in [-0.2, 0) is 0 Å². The van der Waals surface area contributed by atoms with E-state index in [4.69, 9.17) is 10.5 Å². The molecule has 1 saturated carbocycles. The van der Waals surface area contributed by atoms with Gasteiger partial charge in [-0.15, -0.1) is 0 Å². The van der Waals surface area contributed by atoms with Crippen molar-refractivity contribution in [3.63, 3.8) is 0 Å². The number of halogens is 5. The van der Waals surface area contributed by atoms with E-state index in [0.29, 0.717) is 5.56 Å². The third kappa shape index (κ3) is 4.34. The van der Waals surface area contributed by atoms with Gasteiger partial charge in [0.1, 0.15) is 5.82 Å². The SMILES string of the molecule is NC(=O)c1cc(C2CC2)c(OCC(F)(F)F)nc1N1CCC(F)(F)CC1. The minimum atomic E-state index is -4.54. The van der Waals surface area contributed by atoms with Crippen molar-refractivity contribution in [1.82, 2.24) is 4.98 Å². The number of nitrogens with two attached hydrogens (primary N) is 1. The maximum absolute atomic E-state index is 13.4. The molecule has 0 aromatic carbocycles. The van der Waals surface area contributed by atoms with Crippen LogP contribution in [0.1, 0.15) is 47.5 Å². The predicted octanol–water partition coefficient (Wildman–Crippen LogP) is 3.23. The molecule has 3 rings (SSSR count). The first-order chi connectivity index (χ1) is 12.1. The molecule has 26 heavy (non-hydrogen) atoms. The minimum Gasteiger partial charge on any atom is -0.468 e. The molecule has 1 amide bonds. The first kappa shape index (κ1) is 18.7. The van der Waals surface area contributed by atoms with Gasteiger partial charge in [0, 0.05) is 31.5 Å². The summed E-state index contributed by atoms with van der Waals surface area (Å²) in [5, 5.41) is 0. The van der Waals surface area contributed by atoms with Crippen LogP contribution in [0.4, 0.5) is 27.8 Å². The summed E-state index contributed by atoms with van der Waals surface area (Å²) >= 11 is 0. The number of anilines is 1. The number of alkyl halides is 5. The molecule has 2 N–H and O–H groups in total. The number of pyridine rings is 1. The van der Waals surface area contributed by atoms with E-state index in [9.17, 15) is 26.7 Å². The number of rotatable bonds is 5. The Bertz CT molecular complexity index is 694. The van der Waals surface area contributed by atoms with Crippen molar-refractivity contribution >= 4 is 11.7 Å². The molecule has 1 saturated heterocycles. The normalized spacial score (nSPS) is 20.1. The Morgan fingerprint density at radius 3 is 2.42 bits per heavy atom. The van der Waals surface area contributed by atoms with Crippen LogP contribution in [0.5, 0.6) is 5.88 Å². The highest BCUT2D eigenvalue weighted by molar-refractivity contribution is 5.98. The highest BCUT2D eigenvalue weighted by atomic mass is 19.4. The van der Waals surface area contributed by atoms with Crippen LogP contribution in [-0.4, -0.2) is 42.7 Å². The summed E-state index contributed by atoms with van der Waals surface area (Å²) in [6.45, 7) is -1.68. The molecular formula is C16H18F5N3O2. The number of carbonyl (C=O) groups is 1. The molecule has 1 aliphatic carbocycles. The topological polar surface area (TPSA) is 68.5 Å². The standard InChI is InChI=1S/C16H18F5N3O2/c17-15(18)3-5-24(6-4-15)13-11(12(22)25)7-10(9-1-2-9)14(23-13)26-8-16(19,20)21/h7,9H,1-6,8H2,(H2,22,25). The summed E-state index contributed by atoms with van der Waals surface area (Å²) in [4.78, 5) is 17.3. The highest BCUT2D eigenvalue weighted by Crippen LogP contribution is 2.45. The minimum absolute atomic E-state index is 0.00502. The number of piperidine rings is 1. The van der Waals surface area contributed by atoms with Crippen LogP contribution < -0.4 is 15.4 Å². The third-order valence-corrected chi connectivity index (χ3v) is 4.44. The number of primary amides is 1. The lowest BCUT2D eigenvalue weighted by Gasteiger charge is -2.33. The van der Waals surface area contributed by atoms with Crippen molar-refractivity contribution < 1.29 is 31.5 Å². The Balaban J connectivity index is 1.95. The predicted molar refractivity (Wildman–Crippen MR) is 82.7 cm³/mol. The smallest absolute Gasteiger partial charge is 0.422 e. The van der Waals surface area contributed by atoms with Gasteiger partial charge >= 0.3 is 6.18 Å². The molecule has 2 aliphatic rings. The number of hydrogen-bond donors (Lipinski definition) is 1. The van der Waals surface area contributed by atoms with Gasteiger partial charge in [0.05, 0.1) is 5.56 Å². The molecule has 2 fully saturated rings. The number of carbonyl (C=O) groups excluding carboxylic acids is 1. The van der Waals surface area contributed by atoms with Gasteiger partial charge in [0.15, 0.2) is 6.61 Å². The van der Waals surface area contributed by atoms with Crippen LogP contribution in [0.15, 0.2) is 6.07 Å². The quantitative estimate of drug-likeness (QED) is 0.798. The summed E-state index contributed by atoms with van der Waals surface area (Å²) < 4.78 is 69.1. The Hall–Kier alpha value is -2.13. The second kappa shape index (κ2) is 6.55. The molecule has 0 bridgehead atoms. The van der Waals surface area contributed by atoms with Crippen LogP contribution in [0.3, 0.4) is 0 Å². The molecule has 0 atom stereocenters. The van der Waals surface area contributed by atoms with Gasteiger partial charge in [-0.25, -0.2) is 8.78 Å². The molecule has 10 heteroatoms. The Kier molecular flexibility index (Phi) is 4.70. The zero-order valence-electron chi connectivity index (χ0n) is 13.8. The number of hydrogen-bond acceptors (Lipinski definition) is 4. The van der Waals surface area contributed by atoms with Crippen molar-refractivity contribution in [3.05, 3.63) is 17.2 Å². The van der Waals surface area contributed by atoms with Crippen molar-refractivity contribution in [2.24, 2.45) is 5.73 Å². The molecule has 5 nitrogen and oxygen atoms in total. The molecule has 144 valence electrons. The van der Waals surface area contributed by atoms with E-state index in [1.807, 2.05) is 0 Å². The second-order valence-electron chi connectivity index (χ2n) is 6.64. The van der Waals surface area contributed by atoms with Gasteiger partial charge in [-0.3, -0.25) is 4.79 Å². The van der Waals surface area contributed by atoms with Gasteiger partial charge in [-0.2, -0.15) is 18.2 Å². The van der Waals surface area contributed by atoms with Crippen molar-refractivity contribution in [1.29, 1.82) is 0 Å². The lowest BCUT2D eigenvalue weighted by atomic mass is 10.0. The first-order valence-electron chi connectivity index (χ1n) is 8.23. The monoisotopic (exact) mass is 379 g/mol. The zero-order chi connectivity index (χ0) is 19.1. The molecule has 1 aliphatic heterocycles. The molecule has 1 aromatic rings. The summed E-state index contributed by atoms with van der Waals surface area (Å²) in [5.41, 5.74) is 5.79. The Morgan fingerprint density at radius 1 is 1.31 bits per heavy atom. The fraction of sp³-hybridized carbons (Fsp3) is 0.625. The maximum Gasteiger partial charge on any atom is 0.422 e. The van der Waals surface area contributed by atoms with Gasteiger partial charge in [0.25, 0.3) is 11.8 Å². The van der Waals surface area contributed by atoms with Crippen LogP contribution in [0.2, 0.25) is 0 Å². The van der Waals surface area contributed by atoms with E-state index in [-0.39, 0.29) is 36.3 Å². The van der Waals surface area contributed by atoms with Crippen molar-refractivity contribution in [3.8, 4) is 5.88 Å². The van der Waals surface area contributed by atoms with Gasteiger partial charge < -0.3 is 15.4 Å². The fourth-order valence-corrected chi connectivity index (χ4v) is 2.92. The lowest BCUT2D eigenvalue weighted by molar-refractivity contribution is -0.154. The van der Waals surface area contributed by atoms with Crippen LogP contribution >= 0.6 is 0 Å². The van der Waals surface area contributed by atoms with E-state index < -0.39 is 37.5 Å². The summed E-state index contributed by atoms with van der Waals surface area (Å²) in [5.74, 6) is -3.89. The van der Waals surface area contributed by atoms with E-state index in [1.165, 1.54) is 11.0 Å². The van der Waals surface area contributed by atoms with E-state index in [0.717, 1.165) is 12.8 Å². The molecule has 2 heterocycles. The summed E-state index contributed by atoms with van der Waals surface area (Å²) in [6.07, 6.45) is -3.92. The first-order valence-corrected chi connectivity index (χ1v) is 8.23. The number of nitrogens with zero attached hydrogens (tertiary/aromatic N) is 2. The van der Waals surface area contributed by atoms with Crippen molar-refractivity contribution in [2.75, 3.05) is 24.6 Å². The molecule has 1 aromatic heterocycles. The zero-order valence-corrected chi connectivity index (χ0v) is 13.8. The number of amides is 1. The van der Waals surface area contributed by atoms with Gasteiger partial charge in [0.2, 0.25) is 5.88 Å². The summed E-state index contributed by atoms with van der Waals surface area (Å²) in [6, 6.07) is 1.39. The fourth-order valence-electron chi connectivity index (χ4n) is 2.92. The van der Waals surface area contributed by atoms with Gasteiger partial charge in [-0.05, 0) is 24.8 Å². The molecule has 0 spiro atoms. The Labute approximate surface area is 146 Å². The van der Waals surface area contributed by atoms with Crippen LogP contribution in [0.25, 0.3) is 0 Å². The molecular weight excluding hydrogens is 361 g/mol. The van der Waals surface area contributed by atoms with E-state index in [1.54, 1.807) is 0 Å². The number of ether oxygens (including phenoxy) is 1. The Morgan fingerprint density at radius 2 is 1.92 bits per heavy atom. The number of aromatic nitrogens is 1. The van der Waals surface area contributed by atoms with Gasteiger partial charge in [-0.1, -0.05) is 0 Å².